The second-order valence-corrected chi connectivity index (χ2v) is 5.79. The summed E-state index contributed by atoms with van der Waals surface area (Å²) in [6.45, 7) is 3.93. The molecule has 0 bridgehead atoms. The highest BCUT2D eigenvalue weighted by atomic mass is 16.2. The molecule has 1 unspecified atom stereocenters. The smallest absolute Gasteiger partial charge is 0.222 e. The van der Waals surface area contributed by atoms with Crippen LogP contribution in [0, 0.1) is 0 Å². The van der Waals surface area contributed by atoms with Gasteiger partial charge in [-0.15, -0.1) is 0 Å². The lowest BCUT2D eigenvalue weighted by Gasteiger charge is -2.36. The number of aromatic nitrogens is 1. The topological polar surface area (TPSA) is 36.4 Å². The summed E-state index contributed by atoms with van der Waals surface area (Å²) < 4.78 is 0. The summed E-state index contributed by atoms with van der Waals surface area (Å²) in [5.41, 5.74) is 1.18. The van der Waals surface area contributed by atoms with Crippen LogP contribution in [0.15, 0.2) is 24.4 Å². The van der Waals surface area contributed by atoms with Gasteiger partial charge in [0.05, 0.1) is 11.7 Å². The van der Waals surface area contributed by atoms with Crippen molar-refractivity contribution in [3.63, 3.8) is 0 Å². The fourth-order valence-corrected chi connectivity index (χ4v) is 3.36. The number of carbonyl (C=O) groups is 1. The molecule has 2 aliphatic heterocycles. The molecule has 4 nitrogen and oxygen atoms in total. The Morgan fingerprint density at radius 1 is 1.15 bits per heavy atom. The highest BCUT2D eigenvalue weighted by molar-refractivity contribution is 5.78. The normalized spacial score (nSPS) is 24.3. The van der Waals surface area contributed by atoms with E-state index in [2.05, 4.69) is 22.0 Å². The first-order valence-corrected chi connectivity index (χ1v) is 7.77. The summed E-state index contributed by atoms with van der Waals surface area (Å²) in [5, 5.41) is 0. The summed E-state index contributed by atoms with van der Waals surface area (Å²) in [6.07, 6.45) is 7.38. The Hall–Kier alpha value is -1.42. The molecule has 0 N–H and O–H groups in total. The zero-order valence-corrected chi connectivity index (χ0v) is 12.0. The van der Waals surface area contributed by atoms with Gasteiger partial charge in [0.25, 0.3) is 0 Å². The van der Waals surface area contributed by atoms with Gasteiger partial charge < -0.3 is 4.90 Å². The van der Waals surface area contributed by atoms with Crippen molar-refractivity contribution in [3.8, 4) is 0 Å². The van der Waals surface area contributed by atoms with Crippen LogP contribution in [-0.2, 0) is 4.79 Å². The van der Waals surface area contributed by atoms with Gasteiger partial charge in [0.1, 0.15) is 0 Å². The van der Waals surface area contributed by atoms with Crippen LogP contribution in [0.25, 0.3) is 0 Å². The second-order valence-electron chi connectivity index (χ2n) is 5.79. The summed E-state index contributed by atoms with van der Waals surface area (Å²) in [5.74, 6) is 0.330. The summed E-state index contributed by atoms with van der Waals surface area (Å²) in [7, 11) is 0. The average molecular weight is 273 g/mol. The highest BCUT2D eigenvalue weighted by Gasteiger charge is 2.26. The summed E-state index contributed by atoms with van der Waals surface area (Å²) in [6, 6.07) is 6.60. The highest BCUT2D eigenvalue weighted by Crippen LogP contribution is 2.29. The second kappa shape index (κ2) is 6.35. The third-order valence-corrected chi connectivity index (χ3v) is 4.47. The van der Waals surface area contributed by atoms with Crippen LogP contribution in [0.3, 0.4) is 0 Å². The maximum atomic E-state index is 11.7. The Morgan fingerprint density at radius 3 is 2.85 bits per heavy atom. The molecule has 1 aromatic heterocycles. The van der Waals surface area contributed by atoms with Gasteiger partial charge in [-0.3, -0.25) is 14.7 Å². The van der Waals surface area contributed by atoms with Crippen LogP contribution in [0.5, 0.6) is 0 Å². The molecule has 3 heterocycles. The molecule has 108 valence electrons. The van der Waals surface area contributed by atoms with E-state index in [1.165, 1.54) is 25.0 Å². The van der Waals surface area contributed by atoms with Crippen LogP contribution in [0.2, 0.25) is 0 Å². The number of rotatable bonds is 4. The van der Waals surface area contributed by atoms with E-state index in [4.69, 9.17) is 0 Å². The van der Waals surface area contributed by atoms with E-state index in [-0.39, 0.29) is 0 Å². The van der Waals surface area contributed by atoms with Crippen LogP contribution in [-0.4, -0.2) is 46.9 Å². The maximum absolute atomic E-state index is 11.7. The van der Waals surface area contributed by atoms with Crippen molar-refractivity contribution in [2.45, 2.75) is 38.1 Å². The fraction of sp³-hybridized carbons (Fsp3) is 0.625. The van der Waals surface area contributed by atoms with Gasteiger partial charge in [-0.1, -0.05) is 12.5 Å². The average Bonchev–Trinajstić information content (AvgIpc) is 2.92. The van der Waals surface area contributed by atoms with E-state index < -0.39 is 0 Å². The van der Waals surface area contributed by atoms with Crippen molar-refractivity contribution in [1.29, 1.82) is 0 Å². The van der Waals surface area contributed by atoms with E-state index >= 15 is 0 Å². The van der Waals surface area contributed by atoms with Gasteiger partial charge in [-0.05, 0) is 37.9 Å². The number of nitrogens with zero attached hydrogens (tertiary/aromatic N) is 3. The Kier molecular flexibility index (Phi) is 4.31. The van der Waals surface area contributed by atoms with E-state index in [0.29, 0.717) is 11.9 Å². The SMILES string of the molecule is O=C1CCCN1CCN1CCCCC1c1ccccn1. The molecule has 2 saturated heterocycles. The number of hydrogen-bond donors (Lipinski definition) is 0. The number of pyridine rings is 1. The minimum absolute atomic E-state index is 0.330. The first kappa shape index (κ1) is 13.6. The molecule has 1 atom stereocenters. The molecule has 4 heteroatoms. The lowest BCUT2D eigenvalue weighted by Crippen LogP contribution is -2.40. The quantitative estimate of drug-likeness (QED) is 0.844. The number of piperidine rings is 1. The molecule has 0 saturated carbocycles. The monoisotopic (exact) mass is 273 g/mol. The van der Waals surface area contributed by atoms with Crippen molar-refractivity contribution in [3.05, 3.63) is 30.1 Å². The fourth-order valence-electron chi connectivity index (χ4n) is 3.36. The van der Waals surface area contributed by atoms with Crippen LogP contribution in [0.1, 0.15) is 43.8 Å². The molecule has 0 aliphatic carbocycles. The number of amides is 1. The van der Waals surface area contributed by atoms with Crippen LogP contribution in [0.4, 0.5) is 0 Å². The third-order valence-electron chi connectivity index (χ3n) is 4.47. The van der Waals surface area contributed by atoms with E-state index in [9.17, 15) is 4.79 Å². The van der Waals surface area contributed by atoms with Crippen LogP contribution >= 0.6 is 0 Å². The third kappa shape index (κ3) is 3.01. The van der Waals surface area contributed by atoms with Gasteiger partial charge >= 0.3 is 0 Å². The first-order valence-electron chi connectivity index (χ1n) is 7.77. The molecule has 0 aromatic carbocycles. The van der Waals surface area contributed by atoms with Gasteiger partial charge in [0.15, 0.2) is 0 Å². The van der Waals surface area contributed by atoms with E-state index in [1.54, 1.807) is 0 Å². The predicted molar refractivity (Wildman–Crippen MR) is 78.2 cm³/mol. The lowest BCUT2D eigenvalue weighted by molar-refractivity contribution is -0.128. The summed E-state index contributed by atoms with van der Waals surface area (Å²) >= 11 is 0. The van der Waals surface area contributed by atoms with Crippen molar-refractivity contribution >= 4 is 5.91 Å². The lowest BCUT2D eigenvalue weighted by atomic mass is 9.99. The minimum atomic E-state index is 0.330. The zero-order valence-electron chi connectivity index (χ0n) is 12.0. The molecule has 0 radical (unpaired) electrons. The Bertz CT molecular complexity index is 448. The summed E-state index contributed by atoms with van der Waals surface area (Å²) in [4.78, 5) is 20.7. The molecular formula is C16H23N3O. The molecule has 2 aliphatic rings. The van der Waals surface area contributed by atoms with Gasteiger partial charge in [0.2, 0.25) is 5.91 Å². The predicted octanol–water partition coefficient (Wildman–Crippen LogP) is 2.23. The Morgan fingerprint density at radius 2 is 2.10 bits per heavy atom. The van der Waals surface area contributed by atoms with Gasteiger partial charge in [0, 0.05) is 32.3 Å². The number of likely N-dealkylation sites (tertiary alicyclic amines) is 2. The van der Waals surface area contributed by atoms with Crippen molar-refractivity contribution in [2.24, 2.45) is 0 Å². The van der Waals surface area contributed by atoms with Crippen molar-refractivity contribution < 1.29 is 4.79 Å². The van der Waals surface area contributed by atoms with Crippen molar-refractivity contribution in [2.75, 3.05) is 26.2 Å². The van der Waals surface area contributed by atoms with E-state index in [1.807, 2.05) is 17.2 Å². The first-order chi connectivity index (χ1) is 9.84. The Balaban J connectivity index is 1.62. The maximum Gasteiger partial charge on any atom is 0.222 e. The largest absolute Gasteiger partial charge is 0.341 e. The molecule has 0 spiro atoms. The number of carbonyl (C=O) groups excluding carboxylic acids is 1. The molecule has 1 amide bonds. The zero-order chi connectivity index (χ0) is 13.8. The molecular weight excluding hydrogens is 250 g/mol. The number of hydrogen-bond acceptors (Lipinski definition) is 3. The van der Waals surface area contributed by atoms with Gasteiger partial charge in [-0.25, -0.2) is 0 Å². The van der Waals surface area contributed by atoms with E-state index in [0.717, 1.165) is 39.0 Å². The molecule has 1 aromatic rings. The van der Waals surface area contributed by atoms with Crippen LogP contribution < -0.4 is 0 Å². The molecule has 20 heavy (non-hydrogen) atoms. The molecule has 2 fully saturated rings. The van der Waals surface area contributed by atoms with Crippen molar-refractivity contribution in [1.82, 2.24) is 14.8 Å². The Labute approximate surface area is 120 Å². The molecule has 3 rings (SSSR count). The van der Waals surface area contributed by atoms with Gasteiger partial charge in [-0.2, -0.15) is 0 Å². The standard InChI is InChI=1S/C16H23N3O/c20-16-8-5-11-19(16)13-12-18-10-4-2-7-15(18)14-6-1-3-9-17-14/h1,3,6,9,15H,2,4-5,7-8,10-13H2. The minimum Gasteiger partial charge on any atom is -0.341 e.